The lowest BCUT2D eigenvalue weighted by molar-refractivity contribution is 0.0636. The van der Waals surface area contributed by atoms with Crippen molar-refractivity contribution < 1.29 is 14.3 Å². The van der Waals surface area contributed by atoms with Crippen LogP contribution in [0.4, 0.5) is 9.80 Å². The first-order valence-corrected chi connectivity index (χ1v) is 7.44. The van der Waals surface area contributed by atoms with Crippen LogP contribution in [0.25, 0.3) is 0 Å². The fourth-order valence-electron chi connectivity index (χ4n) is 1.40. The Labute approximate surface area is 128 Å². The van der Waals surface area contributed by atoms with E-state index in [0.717, 1.165) is 4.88 Å². The summed E-state index contributed by atoms with van der Waals surface area (Å²) in [6.45, 7) is 11.4. The van der Waals surface area contributed by atoms with Crippen molar-refractivity contribution in [2.45, 2.75) is 52.6 Å². The molecule has 0 aromatic carbocycles. The van der Waals surface area contributed by atoms with Crippen molar-refractivity contribution in [1.29, 1.82) is 0 Å². The Morgan fingerprint density at radius 1 is 1.20 bits per heavy atom. The Bertz CT molecular complexity index is 524. The van der Waals surface area contributed by atoms with Gasteiger partial charge >= 0.3 is 6.09 Å². The fraction of sp³-hybridized carbons (Fsp3) is 0.571. The molecular formula is C14H20ClNO3S. The first-order chi connectivity index (χ1) is 8.90. The van der Waals surface area contributed by atoms with Crippen LogP contribution in [0.1, 0.15) is 56.8 Å². The molecule has 0 aliphatic heterocycles. The van der Waals surface area contributed by atoms with E-state index in [1.807, 2.05) is 20.8 Å². The maximum atomic E-state index is 11.8. The van der Waals surface area contributed by atoms with Gasteiger partial charge in [-0.1, -0.05) is 20.8 Å². The van der Waals surface area contributed by atoms with Gasteiger partial charge in [0.15, 0.2) is 0 Å². The van der Waals surface area contributed by atoms with Crippen LogP contribution in [0.5, 0.6) is 0 Å². The van der Waals surface area contributed by atoms with E-state index in [9.17, 15) is 9.59 Å². The number of halogens is 1. The molecule has 0 spiro atoms. The minimum Gasteiger partial charge on any atom is -0.444 e. The van der Waals surface area contributed by atoms with Crippen LogP contribution >= 0.6 is 22.9 Å². The molecule has 20 heavy (non-hydrogen) atoms. The topological polar surface area (TPSA) is 55.4 Å². The quantitative estimate of drug-likeness (QED) is 0.799. The van der Waals surface area contributed by atoms with Gasteiger partial charge in [0, 0.05) is 4.88 Å². The van der Waals surface area contributed by atoms with Gasteiger partial charge < -0.3 is 4.74 Å². The second-order valence-corrected chi connectivity index (χ2v) is 7.90. The van der Waals surface area contributed by atoms with E-state index in [0.29, 0.717) is 10.6 Å². The van der Waals surface area contributed by atoms with Gasteiger partial charge in [-0.25, -0.2) is 4.79 Å². The number of hydrogen-bond acceptors (Lipinski definition) is 4. The lowest BCUT2D eigenvalue weighted by atomic mass is 9.94. The molecule has 1 N–H and O–H groups in total. The Hall–Kier alpha value is -1.07. The van der Waals surface area contributed by atoms with E-state index in [1.165, 1.54) is 11.3 Å². The first-order valence-electron chi connectivity index (χ1n) is 6.24. The molecule has 4 nitrogen and oxygen atoms in total. The van der Waals surface area contributed by atoms with E-state index in [-0.39, 0.29) is 5.41 Å². The van der Waals surface area contributed by atoms with Gasteiger partial charge in [-0.05, 0) is 43.9 Å². The van der Waals surface area contributed by atoms with Gasteiger partial charge in [0.25, 0.3) is 5.24 Å². The van der Waals surface area contributed by atoms with Gasteiger partial charge in [0.05, 0.1) is 5.56 Å². The normalized spacial score (nSPS) is 12.2. The van der Waals surface area contributed by atoms with Gasteiger partial charge in [-0.15, -0.1) is 11.3 Å². The third-order valence-corrected chi connectivity index (χ3v) is 3.98. The summed E-state index contributed by atoms with van der Waals surface area (Å²) in [6, 6.07) is 1.71. The zero-order chi connectivity index (χ0) is 15.7. The van der Waals surface area contributed by atoms with Crippen molar-refractivity contribution >= 4 is 39.3 Å². The van der Waals surface area contributed by atoms with Crippen LogP contribution in [0.3, 0.4) is 0 Å². The zero-order valence-corrected chi connectivity index (χ0v) is 14.2. The Morgan fingerprint density at radius 2 is 1.75 bits per heavy atom. The second kappa shape index (κ2) is 5.74. The maximum Gasteiger partial charge on any atom is 0.412 e. The molecule has 0 saturated carbocycles. The summed E-state index contributed by atoms with van der Waals surface area (Å²) in [7, 11) is 0. The molecule has 112 valence electrons. The molecule has 1 aromatic rings. The highest BCUT2D eigenvalue weighted by Gasteiger charge is 2.24. The average Bonchev–Trinajstić information content (AvgIpc) is 2.57. The van der Waals surface area contributed by atoms with Crippen LogP contribution in [-0.2, 0) is 10.2 Å². The van der Waals surface area contributed by atoms with Crippen LogP contribution in [0.2, 0.25) is 0 Å². The largest absolute Gasteiger partial charge is 0.444 e. The minimum atomic E-state index is -0.598. The van der Waals surface area contributed by atoms with Crippen molar-refractivity contribution in [3.8, 4) is 0 Å². The smallest absolute Gasteiger partial charge is 0.412 e. The monoisotopic (exact) mass is 317 g/mol. The van der Waals surface area contributed by atoms with Crippen molar-refractivity contribution in [3.05, 3.63) is 16.5 Å². The highest BCUT2D eigenvalue weighted by molar-refractivity contribution is 7.17. The number of rotatable bonds is 2. The molecular weight excluding hydrogens is 298 g/mol. The van der Waals surface area contributed by atoms with E-state index >= 15 is 0 Å². The summed E-state index contributed by atoms with van der Waals surface area (Å²) >= 11 is 6.90. The number of nitrogens with one attached hydrogen (secondary N) is 1. The van der Waals surface area contributed by atoms with Crippen molar-refractivity contribution in [2.75, 3.05) is 5.32 Å². The molecule has 0 unspecified atom stereocenters. The average molecular weight is 318 g/mol. The van der Waals surface area contributed by atoms with Crippen LogP contribution in [-0.4, -0.2) is 16.9 Å². The molecule has 0 aliphatic rings. The summed E-state index contributed by atoms with van der Waals surface area (Å²) < 4.78 is 5.17. The number of hydrogen-bond donors (Lipinski definition) is 1. The highest BCUT2D eigenvalue weighted by atomic mass is 35.5. The van der Waals surface area contributed by atoms with Gasteiger partial charge in [0.1, 0.15) is 10.6 Å². The van der Waals surface area contributed by atoms with E-state index in [2.05, 4.69) is 5.32 Å². The molecule has 1 aromatic heterocycles. The van der Waals surface area contributed by atoms with E-state index in [1.54, 1.807) is 26.8 Å². The summed E-state index contributed by atoms with van der Waals surface area (Å²) in [4.78, 5) is 24.2. The molecule has 1 rings (SSSR count). The molecule has 0 aliphatic carbocycles. The van der Waals surface area contributed by atoms with Crippen LogP contribution in [0, 0.1) is 0 Å². The zero-order valence-electron chi connectivity index (χ0n) is 12.6. The Balaban J connectivity index is 3.02. The number of anilines is 1. The van der Waals surface area contributed by atoms with E-state index in [4.69, 9.17) is 16.3 Å². The van der Waals surface area contributed by atoms with Crippen molar-refractivity contribution in [2.24, 2.45) is 0 Å². The molecule has 0 saturated heterocycles. The SMILES string of the molecule is CC(C)(C)OC(=O)Nc1sc(C(C)(C)C)cc1C(=O)Cl. The highest BCUT2D eigenvalue weighted by Crippen LogP contribution is 2.36. The molecule has 1 heterocycles. The minimum absolute atomic E-state index is 0.125. The third-order valence-electron chi connectivity index (χ3n) is 2.30. The van der Waals surface area contributed by atoms with Crippen LogP contribution in [0.15, 0.2) is 6.07 Å². The predicted octanol–water partition coefficient (Wildman–Crippen LogP) is 4.77. The number of amides is 1. The maximum absolute atomic E-state index is 11.8. The van der Waals surface area contributed by atoms with Gasteiger partial charge in [-0.3, -0.25) is 10.1 Å². The number of ether oxygens (including phenoxy) is 1. The first kappa shape index (κ1) is 17.0. The molecule has 0 fully saturated rings. The molecule has 0 bridgehead atoms. The fourth-order valence-corrected chi connectivity index (χ4v) is 2.70. The van der Waals surface area contributed by atoms with Crippen molar-refractivity contribution in [1.82, 2.24) is 0 Å². The van der Waals surface area contributed by atoms with E-state index < -0.39 is 16.9 Å². The molecule has 0 atom stereocenters. The number of carbonyl (C=O) groups is 2. The summed E-state index contributed by atoms with van der Waals surface area (Å²) in [5.74, 6) is 0. The van der Waals surface area contributed by atoms with Gasteiger partial charge in [-0.2, -0.15) is 0 Å². The Kier molecular flexibility index (Phi) is 4.87. The predicted molar refractivity (Wildman–Crippen MR) is 83.1 cm³/mol. The lowest BCUT2D eigenvalue weighted by Crippen LogP contribution is -2.27. The summed E-state index contributed by atoms with van der Waals surface area (Å²) in [5.41, 5.74) is -0.425. The lowest BCUT2D eigenvalue weighted by Gasteiger charge is -2.19. The van der Waals surface area contributed by atoms with Crippen molar-refractivity contribution in [3.63, 3.8) is 0 Å². The standard InChI is InChI=1S/C14H20ClNO3S/c1-13(2,3)9-7-8(10(15)17)11(20-9)16-12(18)19-14(4,5)6/h7H,1-6H3,(H,16,18). The number of thiophene rings is 1. The second-order valence-electron chi connectivity index (χ2n) is 6.50. The van der Waals surface area contributed by atoms with Gasteiger partial charge in [0.2, 0.25) is 0 Å². The Morgan fingerprint density at radius 3 is 2.15 bits per heavy atom. The molecule has 1 amide bonds. The molecule has 6 heteroatoms. The number of carbonyl (C=O) groups excluding carboxylic acids is 2. The van der Waals surface area contributed by atoms with Crippen LogP contribution < -0.4 is 5.32 Å². The molecule has 0 radical (unpaired) electrons. The summed E-state index contributed by atoms with van der Waals surface area (Å²) in [6.07, 6.45) is -0.598. The third kappa shape index (κ3) is 4.80. The summed E-state index contributed by atoms with van der Waals surface area (Å²) in [5, 5.41) is 2.42.